The summed E-state index contributed by atoms with van der Waals surface area (Å²) in [5.74, 6) is 1.91. The number of ether oxygens (including phenoxy) is 1. The molecule has 4 heteroatoms. The Morgan fingerprint density at radius 1 is 1.39 bits per heavy atom. The first-order chi connectivity index (χ1) is 8.36. The highest BCUT2D eigenvalue weighted by molar-refractivity contribution is 5.53. The van der Waals surface area contributed by atoms with Crippen LogP contribution >= 0.6 is 0 Å². The van der Waals surface area contributed by atoms with Crippen LogP contribution in [0.1, 0.15) is 34.6 Å². The van der Waals surface area contributed by atoms with Crippen LogP contribution in [0.5, 0.6) is 5.88 Å². The van der Waals surface area contributed by atoms with Crippen molar-refractivity contribution in [2.45, 2.75) is 34.6 Å². The highest BCUT2D eigenvalue weighted by Crippen LogP contribution is 2.27. The normalized spacial score (nSPS) is 11.7. The van der Waals surface area contributed by atoms with E-state index in [0.717, 1.165) is 12.4 Å². The highest BCUT2D eigenvalue weighted by Gasteiger charge is 2.22. The van der Waals surface area contributed by atoms with Crippen LogP contribution in [0.15, 0.2) is 12.1 Å². The maximum absolute atomic E-state index is 5.79. The van der Waals surface area contributed by atoms with Crippen molar-refractivity contribution >= 4 is 11.5 Å². The molecular formula is C14H25N3O. The van der Waals surface area contributed by atoms with E-state index in [-0.39, 0.29) is 5.41 Å². The molecule has 3 N–H and O–H groups in total. The van der Waals surface area contributed by atoms with Crippen molar-refractivity contribution in [2.24, 2.45) is 11.3 Å². The minimum atomic E-state index is 0.217. The predicted molar refractivity (Wildman–Crippen MR) is 76.9 cm³/mol. The standard InChI is InChI=1S/C14H25N3O/c1-6-18-13-11(15)7-8-12(17-13)16-9-14(4,5)10(2)3/h7-8,10H,6,9,15H2,1-5H3,(H,16,17). The molecule has 0 unspecified atom stereocenters. The van der Waals surface area contributed by atoms with Crippen molar-refractivity contribution in [2.75, 3.05) is 24.2 Å². The van der Waals surface area contributed by atoms with Crippen LogP contribution < -0.4 is 15.8 Å². The molecule has 0 aliphatic carbocycles. The Morgan fingerprint density at radius 3 is 2.61 bits per heavy atom. The lowest BCUT2D eigenvalue weighted by atomic mass is 9.81. The smallest absolute Gasteiger partial charge is 0.239 e. The largest absolute Gasteiger partial charge is 0.476 e. The first kappa shape index (κ1) is 14.6. The maximum atomic E-state index is 5.79. The lowest BCUT2D eigenvalue weighted by Gasteiger charge is -2.29. The summed E-state index contributed by atoms with van der Waals surface area (Å²) < 4.78 is 5.38. The van der Waals surface area contributed by atoms with Crippen LogP contribution in [0.3, 0.4) is 0 Å². The third-order valence-corrected chi connectivity index (χ3v) is 3.46. The SMILES string of the molecule is CCOc1nc(NCC(C)(C)C(C)C)ccc1N. The van der Waals surface area contributed by atoms with Gasteiger partial charge in [-0.15, -0.1) is 0 Å². The topological polar surface area (TPSA) is 60.2 Å². The molecule has 0 aliphatic rings. The Hall–Kier alpha value is -1.45. The van der Waals surface area contributed by atoms with Gasteiger partial charge < -0.3 is 15.8 Å². The molecule has 0 amide bonds. The van der Waals surface area contributed by atoms with E-state index in [1.54, 1.807) is 0 Å². The van der Waals surface area contributed by atoms with Crippen LogP contribution in [-0.4, -0.2) is 18.1 Å². The average Bonchev–Trinajstić information content (AvgIpc) is 2.30. The molecule has 0 saturated carbocycles. The van der Waals surface area contributed by atoms with Crippen molar-refractivity contribution < 1.29 is 4.74 Å². The lowest BCUT2D eigenvalue weighted by molar-refractivity contribution is 0.269. The Labute approximate surface area is 110 Å². The second-order valence-corrected chi connectivity index (χ2v) is 5.52. The molecule has 0 aliphatic heterocycles. The third-order valence-electron chi connectivity index (χ3n) is 3.46. The molecule has 1 aromatic rings. The summed E-state index contributed by atoms with van der Waals surface area (Å²) in [6.07, 6.45) is 0. The Bertz CT molecular complexity index is 389. The maximum Gasteiger partial charge on any atom is 0.239 e. The van der Waals surface area contributed by atoms with E-state index in [1.165, 1.54) is 0 Å². The summed E-state index contributed by atoms with van der Waals surface area (Å²) in [4.78, 5) is 4.37. The van der Waals surface area contributed by atoms with E-state index in [9.17, 15) is 0 Å². The summed E-state index contributed by atoms with van der Waals surface area (Å²) in [5.41, 5.74) is 6.58. The molecular weight excluding hydrogens is 226 g/mol. The lowest BCUT2D eigenvalue weighted by Crippen LogP contribution is -2.28. The highest BCUT2D eigenvalue weighted by atomic mass is 16.5. The number of nitrogens with two attached hydrogens (primary N) is 1. The van der Waals surface area contributed by atoms with Gasteiger partial charge in [-0.25, -0.2) is 0 Å². The zero-order valence-electron chi connectivity index (χ0n) is 12.1. The monoisotopic (exact) mass is 251 g/mol. The van der Waals surface area contributed by atoms with Crippen molar-refractivity contribution in [1.29, 1.82) is 0 Å². The van der Waals surface area contributed by atoms with Crippen LogP contribution in [0, 0.1) is 11.3 Å². The van der Waals surface area contributed by atoms with Gasteiger partial charge in [0.05, 0.1) is 12.3 Å². The van der Waals surface area contributed by atoms with Crippen LogP contribution in [0.4, 0.5) is 11.5 Å². The number of nitrogens with zero attached hydrogens (tertiary/aromatic N) is 1. The van der Waals surface area contributed by atoms with Gasteiger partial charge in [0.1, 0.15) is 5.82 Å². The zero-order valence-corrected chi connectivity index (χ0v) is 12.1. The van der Waals surface area contributed by atoms with Gasteiger partial charge in [-0.05, 0) is 30.4 Å². The molecule has 0 fully saturated rings. The van der Waals surface area contributed by atoms with Crippen molar-refractivity contribution in [3.8, 4) is 5.88 Å². The molecule has 1 heterocycles. The second kappa shape index (κ2) is 5.94. The Kier molecular flexibility index (Phi) is 4.82. The third kappa shape index (κ3) is 3.79. The van der Waals surface area contributed by atoms with E-state index in [1.807, 2.05) is 19.1 Å². The number of aromatic nitrogens is 1. The summed E-state index contributed by atoms with van der Waals surface area (Å²) in [7, 11) is 0. The first-order valence-electron chi connectivity index (χ1n) is 6.50. The molecule has 4 nitrogen and oxygen atoms in total. The molecule has 0 spiro atoms. The van der Waals surface area contributed by atoms with Crippen LogP contribution in [0.25, 0.3) is 0 Å². The molecule has 1 rings (SSSR count). The van der Waals surface area contributed by atoms with Gasteiger partial charge in [0.2, 0.25) is 5.88 Å². The summed E-state index contributed by atoms with van der Waals surface area (Å²) in [5, 5.41) is 3.35. The fourth-order valence-corrected chi connectivity index (χ4v) is 1.32. The first-order valence-corrected chi connectivity index (χ1v) is 6.50. The fourth-order valence-electron chi connectivity index (χ4n) is 1.32. The minimum Gasteiger partial charge on any atom is -0.476 e. The Balaban J connectivity index is 2.71. The van der Waals surface area contributed by atoms with Gasteiger partial charge in [-0.1, -0.05) is 27.7 Å². The molecule has 0 radical (unpaired) electrons. The van der Waals surface area contributed by atoms with Gasteiger partial charge in [0.15, 0.2) is 0 Å². The van der Waals surface area contributed by atoms with E-state index in [0.29, 0.717) is 24.1 Å². The number of nitrogens with one attached hydrogen (secondary N) is 1. The minimum absolute atomic E-state index is 0.217. The van der Waals surface area contributed by atoms with Gasteiger partial charge in [0.25, 0.3) is 0 Å². The van der Waals surface area contributed by atoms with Crippen molar-refractivity contribution in [3.63, 3.8) is 0 Å². The average molecular weight is 251 g/mol. The molecule has 102 valence electrons. The van der Waals surface area contributed by atoms with Gasteiger partial charge >= 0.3 is 0 Å². The molecule has 18 heavy (non-hydrogen) atoms. The van der Waals surface area contributed by atoms with E-state index >= 15 is 0 Å². The van der Waals surface area contributed by atoms with E-state index in [2.05, 4.69) is 38.0 Å². The number of anilines is 2. The Morgan fingerprint density at radius 2 is 2.06 bits per heavy atom. The van der Waals surface area contributed by atoms with Crippen LogP contribution in [-0.2, 0) is 0 Å². The van der Waals surface area contributed by atoms with E-state index < -0.39 is 0 Å². The molecule has 0 bridgehead atoms. The van der Waals surface area contributed by atoms with Gasteiger partial charge in [-0.3, -0.25) is 0 Å². The quantitative estimate of drug-likeness (QED) is 0.815. The number of rotatable bonds is 6. The zero-order chi connectivity index (χ0) is 13.8. The number of hydrogen-bond acceptors (Lipinski definition) is 4. The summed E-state index contributed by atoms with van der Waals surface area (Å²) in [6.45, 7) is 12.3. The van der Waals surface area contributed by atoms with Gasteiger partial charge in [-0.2, -0.15) is 4.98 Å². The molecule has 0 atom stereocenters. The van der Waals surface area contributed by atoms with Crippen LogP contribution in [0.2, 0.25) is 0 Å². The molecule has 1 aromatic heterocycles. The number of pyridine rings is 1. The predicted octanol–water partition coefficient (Wildman–Crippen LogP) is 3.16. The van der Waals surface area contributed by atoms with Gasteiger partial charge in [0, 0.05) is 6.54 Å². The fraction of sp³-hybridized carbons (Fsp3) is 0.643. The summed E-state index contributed by atoms with van der Waals surface area (Å²) in [6, 6.07) is 3.71. The number of nitrogen functional groups attached to an aromatic ring is 1. The summed E-state index contributed by atoms with van der Waals surface area (Å²) >= 11 is 0. The molecule has 0 aromatic carbocycles. The van der Waals surface area contributed by atoms with Crippen molar-refractivity contribution in [3.05, 3.63) is 12.1 Å². The van der Waals surface area contributed by atoms with Crippen molar-refractivity contribution in [1.82, 2.24) is 4.98 Å². The molecule has 0 saturated heterocycles. The van der Waals surface area contributed by atoms with E-state index in [4.69, 9.17) is 10.5 Å². The second-order valence-electron chi connectivity index (χ2n) is 5.52. The number of hydrogen-bond donors (Lipinski definition) is 2.